The van der Waals surface area contributed by atoms with Gasteiger partial charge in [-0.15, -0.1) is 0 Å². The summed E-state index contributed by atoms with van der Waals surface area (Å²) in [5.41, 5.74) is 4.12. The molecule has 0 saturated carbocycles. The van der Waals surface area contributed by atoms with Crippen LogP contribution in [-0.4, -0.2) is 52.3 Å². The molecule has 6 nitrogen and oxygen atoms in total. The second kappa shape index (κ2) is 8.85. The number of carbonyl (C=O) groups is 1. The molecule has 2 aromatic carbocycles. The molecule has 4 rings (SSSR count). The number of fused-ring (bicyclic) bond motifs is 1. The number of anilines is 1. The zero-order valence-electron chi connectivity index (χ0n) is 19.8. The van der Waals surface area contributed by atoms with Crippen LogP contribution in [0.3, 0.4) is 0 Å². The van der Waals surface area contributed by atoms with E-state index in [2.05, 4.69) is 65.9 Å². The van der Waals surface area contributed by atoms with Crippen LogP contribution in [0.2, 0.25) is 0 Å². The molecule has 1 saturated heterocycles. The number of benzene rings is 2. The van der Waals surface area contributed by atoms with E-state index in [0.717, 1.165) is 42.9 Å². The van der Waals surface area contributed by atoms with Crippen molar-refractivity contribution in [3.05, 3.63) is 59.7 Å². The zero-order valence-corrected chi connectivity index (χ0v) is 19.8. The Bertz CT molecular complexity index is 1080. The molecule has 3 aromatic rings. The molecule has 1 aliphatic heterocycles. The molecule has 2 heterocycles. The molecule has 6 heteroatoms. The average molecular weight is 435 g/mol. The monoisotopic (exact) mass is 434 g/mol. The van der Waals surface area contributed by atoms with Crippen LogP contribution in [0, 0.1) is 6.92 Å². The largest absolute Gasteiger partial charge is 0.444 e. The minimum absolute atomic E-state index is 0.185. The van der Waals surface area contributed by atoms with Crippen LogP contribution in [0.25, 0.3) is 11.0 Å². The SMILES string of the molecule is Cc1ccc(Cn2c(N(C)C3CCCN(C(=O)OC(C)(C)C)C3)nc3ccccc32)cc1. The Balaban J connectivity index is 1.61. The van der Waals surface area contributed by atoms with Crippen molar-refractivity contribution in [3.63, 3.8) is 0 Å². The second-order valence-corrected chi connectivity index (χ2v) is 9.81. The normalized spacial score (nSPS) is 16.9. The smallest absolute Gasteiger partial charge is 0.410 e. The number of hydrogen-bond donors (Lipinski definition) is 0. The summed E-state index contributed by atoms with van der Waals surface area (Å²) in [7, 11) is 2.09. The maximum absolute atomic E-state index is 12.7. The fourth-order valence-corrected chi connectivity index (χ4v) is 4.29. The van der Waals surface area contributed by atoms with Crippen LogP contribution in [0.15, 0.2) is 48.5 Å². The van der Waals surface area contributed by atoms with Crippen molar-refractivity contribution >= 4 is 23.1 Å². The summed E-state index contributed by atoms with van der Waals surface area (Å²) in [6.45, 7) is 9.96. The van der Waals surface area contributed by atoms with Crippen LogP contribution in [-0.2, 0) is 11.3 Å². The molecular weight excluding hydrogens is 400 g/mol. The summed E-state index contributed by atoms with van der Waals surface area (Å²) in [5, 5.41) is 0. The van der Waals surface area contributed by atoms with Gasteiger partial charge < -0.3 is 19.1 Å². The first-order valence-corrected chi connectivity index (χ1v) is 11.4. The molecule has 1 aromatic heterocycles. The Hall–Kier alpha value is -3.02. The Labute approximate surface area is 190 Å². The Morgan fingerprint density at radius 1 is 1.16 bits per heavy atom. The number of rotatable bonds is 4. The number of likely N-dealkylation sites (N-methyl/N-ethyl adjacent to an activating group) is 1. The highest BCUT2D eigenvalue weighted by atomic mass is 16.6. The van der Waals surface area contributed by atoms with Gasteiger partial charge >= 0.3 is 6.09 Å². The number of nitrogens with zero attached hydrogens (tertiary/aromatic N) is 4. The third kappa shape index (κ3) is 4.90. The summed E-state index contributed by atoms with van der Waals surface area (Å²) in [6.07, 6.45) is 1.74. The Morgan fingerprint density at radius 2 is 1.88 bits per heavy atom. The quantitative estimate of drug-likeness (QED) is 0.564. The van der Waals surface area contributed by atoms with Crippen molar-refractivity contribution in [3.8, 4) is 0 Å². The number of aryl methyl sites for hydroxylation is 1. The Kier molecular flexibility index (Phi) is 6.13. The lowest BCUT2D eigenvalue weighted by molar-refractivity contribution is 0.0199. The van der Waals surface area contributed by atoms with Crippen molar-refractivity contribution < 1.29 is 9.53 Å². The van der Waals surface area contributed by atoms with E-state index in [1.54, 1.807) is 0 Å². The van der Waals surface area contributed by atoms with Gasteiger partial charge in [0, 0.05) is 26.2 Å². The first-order chi connectivity index (χ1) is 15.2. The molecule has 0 spiro atoms. The standard InChI is InChI=1S/C26H34N4O2/c1-19-12-14-20(15-13-19)17-30-23-11-7-6-10-22(23)27-24(30)28(5)21-9-8-16-29(18-21)25(31)32-26(2,3)4/h6-7,10-15,21H,8-9,16-18H2,1-5H3. The minimum atomic E-state index is -0.488. The molecule has 0 radical (unpaired) electrons. The highest BCUT2D eigenvalue weighted by Crippen LogP contribution is 2.27. The first-order valence-electron chi connectivity index (χ1n) is 11.4. The van der Waals surface area contributed by atoms with Gasteiger partial charge in [0.25, 0.3) is 0 Å². The minimum Gasteiger partial charge on any atom is -0.444 e. The van der Waals surface area contributed by atoms with Crippen LogP contribution in [0.1, 0.15) is 44.7 Å². The number of carbonyl (C=O) groups excluding carboxylic acids is 1. The van der Waals surface area contributed by atoms with E-state index in [1.165, 1.54) is 11.1 Å². The van der Waals surface area contributed by atoms with Crippen molar-refractivity contribution in [2.75, 3.05) is 25.0 Å². The number of hydrogen-bond acceptors (Lipinski definition) is 4. The average Bonchev–Trinajstić information content (AvgIpc) is 3.12. The lowest BCUT2D eigenvalue weighted by atomic mass is 10.1. The topological polar surface area (TPSA) is 50.6 Å². The van der Waals surface area contributed by atoms with E-state index < -0.39 is 5.60 Å². The van der Waals surface area contributed by atoms with E-state index in [4.69, 9.17) is 9.72 Å². The predicted molar refractivity (Wildman–Crippen MR) is 129 cm³/mol. The Morgan fingerprint density at radius 3 is 2.59 bits per heavy atom. The first kappa shape index (κ1) is 22.2. The predicted octanol–water partition coefficient (Wildman–Crippen LogP) is 5.23. The van der Waals surface area contributed by atoms with Gasteiger partial charge in [-0.1, -0.05) is 42.0 Å². The van der Waals surface area contributed by atoms with E-state index in [1.807, 2.05) is 31.7 Å². The van der Waals surface area contributed by atoms with E-state index >= 15 is 0 Å². The van der Waals surface area contributed by atoms with Gasteiger partial charge in [0.15, 0.2) is 0 Å². The summed E-state index contributed by atoms with van der Waals surface area (Å²) in [6, 6.07) is 17.1. The maximum atomic E-state index is 12.7. The molecule has 170 valence electrons. The van der Waals surface area contributed by atoms with E-state index in [-0.39, 0.29) is 12.1 Å². The van der Waals surface area contributed by atoms with Gasteiger partial charge in [-0.2, -0.15) is 0 Å². The molecule has 1 fully saturated rings. The number of ether oxygens (including phenoxy) is 1. The van der Waals surface area contributed by atoms with Crippen molar-refractivity contribution in [2.45, 2.75) is 58.7 Å². The number of piperidine rings is 1. The highest BCUT2D eigenvalue weighted by Gasteiger charge is 2.31. The van der Waals surface area contributed by atoms with Crippen LogP contribution in [0.4, 0.5) is 10.7 Å². The van der Waals surface area contributed by atoms with Crippen LogP contribution in [0.5, 0.6) is 0 Å². The van der Waals surface area contributed by atoms with E-state index in [9.17, 15) is 4.79 Å². The van der Waals surface area contributed by atoms with Crippen LogP contribution < -0.4 is 4.90 Å². The lowest BCUT2D eigenvalue weighted by Gasteiger charge is -2.38. The summed E-state index contributed by atoms with van der Waals surface area (Å²) >= 11 is 0. The van der Waals surface area contributed by atoms with Crippen LogP contribution >= 0.6 is 0 Å². The summed E-state index contributed by atoms with van der Waals surface area (Å²) < 4.78 is 7.90. The van der Waals surface area contributed by atoms with Gasteiger partial charge in [-0.25, -0.2) is 9.78 Å². The molecule has 1 unspecified atom stereocenters. The molecule has 1 atom stereocenters. The van der Waals surface area contributed by atoms with Gasteiger partial charge in [0.05, 0.1) is 17.6 Å². The number of aromatic nitrogens is 2. The summed E-state index contributed by atoms with van der Waals surface area (Å²) in [5.74, 6) is 0.933. The van der Waals surface area contributed by atoms with Gasteiger partial charge in [-0.05, 0) is 58.2 Å². The number of amides is 1. The molecule has 0 N–H and O–H groups in total. The molecule has 1 amide bonds. The number of likely N-dealkylation sites (tertiary alicyclic amines) is 1. The van der Waals surface area contributed by atoms with E-state index in [0.29, 0.717) is 6.54 Å². The fourth-order valence-electron chi connectivity index (χ4n) is 4.29. The zero-order chi connectivity index (χ0) is 22.9. The number of imidazole rings is 1. The van der Waals surface area contributed by atoms with Gasteiger partial charge in [0.1, 0.15) is 5.60 Å². The number of para-hydroxylation sites is 2. The molecular formula is C26H34N4O2. The third-order valence-corrected chi connectivity index (χ3v) is 6.01. The third-order valence-electron chi connectivity index (χ3n) is 6.01. The van der Waals surface area contributed by atoms with Crippen molar-refractivity contribution in [2.24, 2.45) is 0 Å². The van der Waals surface area contributed by atoms with Crippen molar-refractivity contribution in [1.29, 1.82) is 0 Å². The fraction of sp³-hybridized carbons (Fsp3) is 0.462. The van der Waals surface area contributed by atoms with Gasteiger partial charge in [0.2, 0.25) is 5.95 Å². The molecule has 1 aliphatic rings. The molecule has 32 heavy (non-hydrogen) atoms. The lowest BCUT2D eigenvalue weighted by Crippen LogP contribution is -2.50. The molecule has 0 bridgehead atoms. The molecule has 0 aliphatic carbocycles. The highest BCUT2D eigenvalue weighted by molar-refractivity contribution is 5.79. The van der Waals surface area contributed by atoms with Gasteiger partial charge in [-0.3, -0.25) is 0 Å². The van der Waals surface area contributed by atoms with Crippen molar-refractivity contribution in [1.82, 2.24) is 14.5 Å². The second-order valence-electron chi connectivity index (χ2n) is 9.81. The summed E-state index contributed by atoms with van der Waals surface area (Å²) in [4.78, 5) is 21.7. The maximum Gasteiger partial charge on any atom is 0.410 e.